The number of hydrogen-bond acceptors (Lipinski definition) is 4. The molecule has 0 aromatic rings. The van der Waals surface area contributed by atoms with Crippen LogP contribution in [0.3, 0.4) is 0 Å². The minimum atomic E-state index is 0.716. The van der Waals surface area contributed by atoms with E-state index in [1.165, 1.54) is 45.6 Å². The molecule has 0 radical (unpaired) electrons. The first-order valence-electron chi connectivity index (χ1n) is 5.38. The van der Waals surface area contributed by atoms with Gasteiger partial charge in [0.05, 0.1) is 13.7 Å². The maximum absolute atomic E-state index is 4.89. The van der Waals surface area contributed by atoms with Crippen LogP contribution in [0.1, 0.15) is 51.9 Å². The predicted molar refractivity (Wildman–Crippen MR) is 59.3 cm³/mol. The summed E-state index contributed by atoms with van der Waals surface area (Å²) in [5, 5.41) is 0. The van der Waals surface area contributed by atoms with Crippen molar-refractivity contribution in [2.75, 3.05) is 13.7 Å². The van der Waals surface area contributed by atoms with E-state index in [1.54, 1.807) is 0 Å². The Morgan fingerprint density at radius 2 is 1.29 bits per heavy atom. The molecule has 0 fully saturated rings. The van der Waals surface area contributed by atoms with E-state index in [0.29, 0.717) is 6.61 Å². The fraction of sp³-hybridized carbons (Fsp3) is 1.00. The highest BCUT2D eigenvalue weighted by atomic mass is 16.6. The Bertz CT molecular complexity index is 74.5. The van der Waals surface area contributed by atoms with Crippen LogP contribution in [0, 0.1) is 0 Å². The summed E-state index contributed by atoms with van der Waals surface area (Å²) in [5.41, 5.74) is 0. The maximum Gasteiger partial charge on any atom is 0.0679 e. The molecule has 0 atom stereocenters. The Morgan fingerprint density at radius 1 is 0.857 bits per heavy atom. The monoisotopic (exact) mass is 206 g/mol. The predicted octanol–water partition coefficient (Wildman–Crippen LogP) is 2.13. The van der Waals surface area contributed by atoms with Crippen LogP contribution in [0.25, 0.3) is 0 Å². The molecule has 0 bridgehead atoms. The molecule has 0 aliphatic heterocycles. The molecule has 0 rings (SSSR count). The van der Waals surface area contributed by atoms with Gasteiger partial charge in [-0.05, 0) is 6.42 Å². The Hall–Kier alpha value is -0.160. The largest absolute Gasteiger partial charge is 0.308 e. The first kappa shape index (κ1) is 16.3. The molecule has 0 saturated heterocycles. The average molecular weight is 206 g/mol. The highest BCUT2D eigenvalue weighted by molar-refractivity contribution is 4.43. The molecule has 0 saturated carbocycles. The molecule has 14 heavy (non-hydrogen) atoms. The van der Waals surface area contributed by atoms with Gasteiger partial charge in [0.15, 0.2) is 0 Å². The first-order chi connectivity index (χ1) is 6.83. The van der Waals surface area contributed by atoms with Gasteiger partial charge in [0.25, 0.3) is 0 Å². The van der Waals surface area contributed by atoms with E-state index in [9.17, 15) is 0 Å². The van der Waals surface area contributed by atoms with Crippen molar-refractivity contribution < 1.29 is 9.68 Å². The first-order valence-corrected chi connectivity index (χ1v) is 5.38. The lowest BCUT2D eigenvalue weighted by molar-refractivity contribution is 0.133. The van der Waals surface area contributed by atoms with E-state index >= 15 is 0 Å². The smallest absolute Gasteiger partial charge is 0.0679 e. The lowest BCUT2D eigenvalue weighted by Crippen LogP contribution is -2.00. The van der Waals surface area contributed by atoms with Crippen LogP contribution >= 0.6 is 0 Å². The van der Waals surface area contributed by atoms with E-state index in [-0.39, 0.29) is 0 Å². The van der Waals surface area contributed by atoms with Gasteiger partial charge in [-0.3, -0.25) is 0 Å². The second-order valence-corrected chi connectivity index (χ2v) is 3.23. The molecule has 88 valence electrons. The zero-order valence-electron chi connectivity index (χ0n) is 9.63. The van der Waals surface area contributed by atoms with Gasteiger partial charge < -0.3 is 9.68 Å². The Labute approximate surface area is 87.8 Å². The van der Waals surface area contributed by atoms with Crippen molar-refractivity contribution in [2.24, 2.45) is 11.8 Å². The molecule has 4 heteroatoms. The second kappa shape index (κ2) is 18.6. The third-order valence-electron chi connectivity index (χ3n) is 1.87. The third-order valence-corrected chi connectivity index (χ3v) is 1.87. The van der Waals surface area contributed by atoms with Crippen molar-refractivity contribution in [3.8, 4) is 0 Å². The number of hydrogen-bond donors (Lipinski definition) is 2. The second-order valence-electron chi connectivity index (χ2n) is 3.23. The molecule has 4 nitrogen and oxygen atoms in total. The van der Waals surface area contributed by atoms with E-state index < -0.39 is 0 Å². The number of nitrogens with two attached hydrogens (primary N) is 2. The van der Waals surface area contributed by atoms with Crippen LogP contribution in [0.4, 0.5) is 0 Å². The van der Waals surface area contributed by atoms with Gasteiger partial charge in [-0.2, -0.15) is 0 Å². The molecule has 0 aliphatic carbocycles. The molecule has 0 aliphatic rings. The summed E-state index contributed by atoms with van der Waals surface area (Å²) in [6.07, 6.45) is 9.19. The van der Waals surface area contributed by atoms with Crippen molar-refractivity contribution >= 4 is 0 Å². The van der Waals surface area contributed by atoms with Crippen LogP contribution in [-0.2, 0) is 9.68 Å². The van der Waals surface area contributed by atoms with Crippen molar-refractivity contribution in [3.63, 3.8) is 0 Å². The molecule has 0 amide bonds. The van der Waals surface area contributed by atoms with Crippen LogP contribution in [0.5, 0.6) is 0 Å². The summed E-state index contributed by atoms with van der Waals surface area (Å²) in [6, 6.07) is 0. The Morgan fingerprint density at radius 3 is 1.71 bits per heavy atom. The van der Waals surface area contributed by atoms with Gasteiger partial charge in [-0.1, -0.05) is 45.4 Å². The molecular weight excluding hydrogens is 180 g/mol. The van der Waals surface area contributed by atoms with Crippen molar-refractivity contribution in [3.05, 3.63) is 0 Å². The third kappa shape index (κ3) is 22.6. The quantitative estimate of drug-likeness (QED) is 0.471. The number of unbranched alkanes of at least 4 members (excludes halogenated alkanes) is 6. The van der Waals surface area contributed by atoms with Crippen molar-refractivity contribution in [2.45, 2.75) is 51.9 Å². The highest BCUT2D eigenvalue weighted by Gasteiger charge is 1.89. The summed E-state index contributed by atoms with van der Waals surface area (Å²) in [5.74, 6) is 9.24. The summed E-state index contributed by atoms with van der Waals surface area (Å²) in [7, 11) is 1.40. The van der Waals surface area contributed by atoms with Gasteiger partial charge in [0.1, 0.15) is 0 Å². The normalized spacial score (nSPS) is 9.43. The zero-order chi connectivity index (χ0) is 11.1. The fourth-order valence-electron chi connectivity index (χ4n) is 1.14. The summed E-state index contributed by atoms with van der Waals surface area (Å²) < 4.78 is 0. The van der Waals surface area contributed by atoms with Crippen LogP contribution in [-0.4, -0.2) is 13.7 Å². The van der Waals surface area contributed by atoms with E-state index in [0.717, 1.165) is 6.42 Å². The minimum absolute atomic E-state index is 0.716. The molecular formula is C10H26N2O2. The molecule has 0 unspecified atom stereocenters. The summed E-state index contributed by atoms with van der Waals surface area (Å²) >= 11 is 0. The minimum Gasteiger partial charge on any atom is -0.308 e. The van der Waals surface area contributed by atoms with Gasteiger partial charge in [0.2, 0.25) is 0 Å². The number of rotatable bonds is 8. The van der Waals surface area contributed by atoms with Gasteiger partial charge in [0, 0.05) is 0 Å². The average Bonchev–Trinajstić information content (AvgIpc) is 2.18. The zero-order valence-corrected chi connectivity index (χ0v) is 9.63. The van der Waals surface area contributed by atoms with E-state index in [4.69, 9.17) is 5.90 Å². The summed E-state index contributed by atoms with van der Waals surface area (Å²) in [4.78, 5) is 8.22. The summed E-state index contributed by atoms with van der Waals surface area (Å²) in [6.45, 7) is 2.95. The van der Waals surface area contributed by atoms with E-state index in [2.05, 4.69) is 22.5 Å². The van der Waals surface area contributed by atoms with Crippen molar-refractivity contribution in [1.29, 1.82) is 0 Å². The van der Waals surface area contributed by atoms with Gasteiger partial charge >= 0.3 is 0 Å². The maximum atomic E-state index is 4.89. The molecule has 0 aromatic carbocycles. The fourth-order valence-corrected chi connectivity index (χ4v) is 1.14. The van der Waals surface area contributed by atoms with E-state index in [1.807, 2.05) is 0 Å². The SMILES string of the molecule is CCCCCCCCCON.CON. The highest BCUT2D eigenvalue weighted by Crippen LogP contribution is 2.06. The van der Waals surface area contributed by atoms with Crippen LogP contribution < -0.4 is 11.8 Å². The standard InChI is InChI=1S/C9H21NO.CH5NO/c1-2-3-4-5-6-7-8-9-11-10;1-3-2/h2-10H2,1H3;2H2,1H3. The van der Waals surface area contributed by atoms with Crippen molar-refractivity contribution in [1.82, 2.24) is 0 Å². The lowest BCUT2D eigenvalue weighted by Gasteiger charge is -1.99. The Kier molecular flexibility index (Phi) is 21.6. The molecule has 4 N–H and O–H groups in total. The van der Waals surface area contributed by atoms with Crippen LogP contribution in [0.15, 0.2) is 0 Å². The molecule has 0 aromatic heterocycles. The molecule has 0 heterocycles. The van der Waals surface area contributed by atoms with Gasteiger partial charge in [-0.15, -0.1) is 0 Å². The lowest BCUT2D eigenvalue weighted by atomic mass is 10.1. The Balaban J connectivity index is 0. The van der Waals surface area contributed by atoms with Gasteiger partial charge in [-0.25, -0.2) is 11.8 Å². The molecule has 0 spiro atoms. The topological polar surface area (TPSA) is 70.5 Å². The van der Waals surface area contributed by atoms with Crippen LogP contribution in [0.2, 0.25) is 0 Å².